The Morgan fingerprint density at radius 1 is 0.975 bits per heavy atom. The van der Waals surface area contributed by atoms with E-state index in [-0.39, 0.29) is 11.8 Å². The van der Waals surface area contributed by atoms with Gasteiger partial charge < -0.3 is 15.1 Å². The minimum Gasteiger partial charge on any atom is -0.441 e. The molecule has 0 amide bonds. The number of aromatic nitrogens is 9. The molecule has 0 spiro atoms. The summed E-state index contributed by atoms with van der Waals surface area (Å²) < 4.78 is 23.7. The summed E-state index contributed by atoms with van der Waals surface area (Å²) in [5, 5.41) is 9.76. The number of nitrogens with two attached hydrogens (primary N) is 1. The van der Waals surface area contributed by atoms with Gasteiger partial charge in [-0.15, -0.1) is 5.10 Å². The molecule has 1 fully saturated rings. The van der Waals surface area contributed by atoms with Crippen molar-refractivity contribution in [1.29, 1.82) is 0 Å². The van der Waals surface area contributed by atoms with Crippen molar-refractivity contribution in [2.24, 2.45) is 0 Å². The van der Waals surface area contributed by atoms with E-state index in [1.54, 1.807) is 44.0 Å². The first-order chi connectivity index (χ1) is 19.5. The lowest BCUT2D eigenvalue weighted by atomic mass is 10.1. The number of fused-ring (bicyclic) bond motifs is 3. The smallest absolute Gasteiger partial charge is 0.225 e. The molecule has 40 heavy (non-hydrogen) atoms. The van der Waals surface area contributed by atoms with Crippen LogP contribution in [0, 0.1) is 12.7 Å². The number of piperazine rings is 1. The second-order valence-electron chi connectivity index (χ2n) is 9.57. The van der Waals surface area contributed by atoms with Gasteiger partial charge in [-0.3, -0.25) is 9.88 Å². The first-order valence-electron chi connectivity index (χ1n) is 12.9. The molecule has 0 saturated carbocycles. The van der Waals surface area contributed by atoms with Crippen molar-refractivity contribution >= 4 is 28.3 Å². The van der Waals surface area contributed by atoms with Crippen molar-refractivity contribution < 1.29 is 8.81 Å². The second-order valence-corrected chi connectivity index (χ2v) is 9.57. The number of hydrogen-bond donors (Lipinski definition) is 1. The molecule has 7 rings (SSSR count). The summed E-state index contributed by atoms with van der Waals surface area (Å²) in [7, 11) is 0. The van der Waals surface area contributed by atoms with E-state index in [0.29, 0.717) is 59.8 Å². The lowest BCUT2D eigenvalue weighted by Gasteiger charge is -2.36. The molecule has 1 aromatic carbocycles. The molecule has 6 aromatic rings. The summed E-state index contributed by atoms with van der Waals surface area (Å²) in [5.74, 6) is 1.59. The lowest BCUT2D eigenvalue weighted by molar-refractivity contribution is 0.245. The van der Waals surface area contributed by atoms with Gasteiger partial charge in [0.25, 0.3) is 0 Å². The molecule has 0 bridgehead atoms. The normalized spacial score (nSPS) is 14.5. The fourth-order valence-corrected chi connectivity index (χ4v) is 4.99. The minimum absolute atomic E-state index is 0.213. The number of rotatable bonds is 6. The van der Waals surface area contributed by atoms with Gasteiger partial charge in [0.05, 0.1) is 36.2 Å². The molecule has 0 unspecified atom stereocenters. The van der Waals surface area contributed by atoms with Crippen LogP contribution in [0.25, 0.3) is 39.5 Å². The standard InChI is InChI=1S/C26H25FN12O/c1-16-31-15-22(40-16)17-2-3-19(27)21(12-17)37-9-6-36(7-10-37)8-11-38-24-18(13-32-38)25-33-23(20-14-29-4-5-30-20)35-39(25)26(28)34-24/h2-5,12-15H,6-11H2,1H3,(H2,28,34). The van der Waals surface area contributed by atoms with Gasteiger partial charge in [0.15, 0.2) is 22.9 Å². The van der Waals surface area contributed by atoms with Gasteiger partial charge in [-0.05, 0) is 18.2 Å². The Hall–Kier alpha value is -4.98. The first kappa shape index (κ1) is 24.1. The van der Waals surface area contributed by atoms with Crippen LogP contribution < -0.4 is 10.6 Å². The Balaban J connectivity index is 1.04. The molecule has 0 radical (unpaired) electrons. The molecule has 14 heteroatoms. The monoisotopic (exact) mass is 540 g/mol. The van der Waals surface area contributed by atoms with Crippen molar-refractivity contribution in [1.82, 2.24) is 49.2 Å². The molecule has 0 atom stereocenters. The highest BCUT2D eigenvalue weighted by Gasteiger charge is 2.22. The van der Waals surface area contributed by atoms with Crippen molar-refractivity contribution in [3.63, 3.8) is 0 Å². The van der Waals surface area contributed by atoms with Crippen LogP contribution in [-0.2, 0) is 6.54 Å². The van der Waals surface area contributed by atoms with Crippen LogP contribution in [0.15, 0.2) is 53.6 Å². The summed E-state index contributed by atoms with van der Waals surface area (Å²) in [5.41, 5.74) is 9.36. The number of halogens is 1. The third-order valence-electron chi connectivity index (χ3n) is 7.08. The number of aryl methyl sites for hydroxylation is 1. The second kappa shape index (κ2) is 9.64. The van der Waals surface area contributed by atoms with Gasteiger partial charge in [0.1, 0.15) is 11.5 Å². The van der Waals surface area contributed by atoms with Crippen molar-refractivity contribution in [2.75, 3.05) is 43.4 Å². The number of hydrogen-bond acceptors (Lipinski definition) is 11. The van der Waals surface area contributed by atoms with Crippen LogP contribution in [0.5, 0.6) is 0 Å². The Bertz CT molecular complexity index is 1820. The van der Waals surface area contributed by atoms with E-state index in [9.17, 15) is 4.39 Å². The van der Waals surface area contributed by atoms with E-state index in [1.165, 1.54) is 10.6 Å². The quantitative estimate of drug-likeness (QED) is 0.332. The van der Waals surface area contributed by atoms with E-state index in [1.807, 2.05) is 10.7 Å². The number of anilines is 2. The molecular weight excluding hydrogens is 515 g/mol. The van der Waals surface area contributed by atoms with Gasteiger partial charge >= 0.3 is 0 Å². The van der Waals surface area contributed by atoms with Gasteiger partial charge in [-0.2, -0.15) is 14.6 Å². The van der Waals surface area contributed by atoms with Crippen molar-refractivity contribution in [3.05, 3.63) is 60.9 Å². The van der Waals surface area contributed by atoms with Crippen LogP contribution in [0.1, 0.15) is 5.89 Å². The fourth-order valence-electron chi connectivity index (χ4n) is 4.99. The molecule has 1 aliphatic rings. The third kappa shape index (κ3) is 4.27. The predicted molar refractivity (Wildman–Crippen MR) is 145 cm³/mol. The first-order valence-corrected chi connectivity index (χ1v) is 12.9. The van der Waals surface area contributed by atoms with Crippen molar-refractivity contribution in [3.8, 4) is 22.8 Å². The molecule has 2 N–H and O–H groups in total. The molecular formula is C26H25FN12O. The average molecular weight is 541 g/mol. The summed E-state index contributed by atoms with van der Waals surface area (Å²) >= 11 is 0. The van der Waals surface area contributed by atoms with E-state index in [4.69, 9.17) is 10.2 Å². The summed E-state index contributed by atoms with van der Waals surface area (Å²) in [4.78, 5) is 26.1. The zero-order valence-electron chi connectivity index (χ0n) is 21.6. The van der Waals surface area contributed by atoms with Gasteiger partial charge in [0.2, 0.25) is 11.8 Å². The van der Waals surface area contributed by atoms with E-state index >= 15 is 0 Å². The zero-order valence-corrected chi connectivity index (χ0v) is 21.6. The number of nitrogens with zero attached hydrogens (tertiary/aromatic N) is 11. The molecule has 1 saturated heterocycles. The van der Waals surface area contributed by atoms with Gasteiger partial charge in [-0.1, -0.05) is 0 Å². The zero-order chi connectivity index (χ0) is 27.2. The Kier molecular flexibility index (Phi) is 5.81. The Morgan fingerprint density at radius 2 is 1.85 bits per heavy atom. The molecule has 202 valence electrons. The minimum atomic E-state index is -0.248. The summed E-state index contributed by atoms with van der Waals surface area (Å²) in [6, 6.07) is 5.03. The third-order valence-corrected chi connectivity index (χ3v) is 7.08. The average Bonchev–Trinajstić information content (AvgIpc) is 3.72. The Morgan fingerprint density at radius 3 is 2.62 bits per heavy atom. The molecule has 13 nitrogen and oxygen atoms in total. The fraction of sp³-hybridized carbons (Fsp3) is 0.269. The molecule has 0 aliphatic carbocycles. The number of benzene rings is 1. The molecule has 6 heterocycles. The topological polar surface area (TPSA) is 145 Å². The largest absolute Gasteiger partial charge is 0.441 e. The summed E-state index contributed by atoms with van der Waals surface area (Å²) in [6.07, 6.45) is 8.17. The SMILES string of the molecule is Cc1ncc(-c2ccc(F)c(N3CCN(CCn4ncc5c4nc(N)n4nc(-c6cnccn6)nc54)CC3)c2)o1. The van der Waals surface area contributed by atoms with Crippen LogP contribution in [-0.4, -0.2) is 81.9 Å². The number of nitrogen functional groups attached to an aromatic ring is 1. The van der Waals surface area contributed by atoms with Crippen LogP contribution in [0.3, 0.4) is 0 Å². The van der Waals surface area contributed by atoms with E-state index in [0.717, 1.165) is 30.6 Å². The van der Waals surface area contributed by atoms with Crippen LogP contribution >= 0.6 is 0 Å². The highest BCUT2D eigenvalue weighted by atomic mass is 19.1. The summed E-state index contributed by atoms with van der Waals surface area (Å²) in [6.45, 7) is 6.14. The van der Waals surface area contributed by atoms with Crippen LogP contribution in [0.4, 0.5) is 16.0 Å². The maximum Gasteiger partial charge on any atom is 0.225 e. The van der Waals surface area contributed by atoms with Gasteiger partial charge in [-0.25, -0.2) is 24.0 Å². The number of oxazole rings is 1. The lowest BCUT2D eigenvalue weighted by Crippen LogP contribution is -2.47. The van der Waals surface area contributed by atoms with E-state index in [2.05, 4.69) is 44.9 Å². The predicted octanol–water partition coefficient (Wildman–Crippen LogP) is 2.44. The van der Waals surface area contributed by atoms with Crippen LogP contribution in [0.2, 0.25) is 0 Å². The highest BCUT2D eigenvalue weighted by Crippen LogP contribution is 2.29. The Labute approximate surface area is 227 Å². The molecule has 1 aliphatic heterocycles. The maximum atomic E-state index is 14.7. The molecule has 5 aromatic heterocycles. The maximum absolute atomic E-state index is 14.7. The highest BCUT2D eigenvalue weighted by molar-refractivity contribution is 5.90. The van der Waals surface area contributed by atoms with Crippen molar-refractivity contribution in [2.45, 2.75) is 13.5 Å². The van der Waals surface area contributed by atoms with Gasteiger partial charge in [0, 0.05) is 57.6 Å². The van der Waals surface area contributed by atoms with E-state index < -0.39 is 0 Å².